The van der Waals surface area contributed by atoms with Crippen molar-refractivity contribution < 1.29 is 63.8 Å². The van der Waals surface area contributed by atoms with Crippen LogP contribution in [0.5, 0.6) is 0 Å². The number of hydrogen-bond acceptors (Lipinski definition) is 4. The molecule has 1 radical (unpaired) electrons. The molecule has 1 aromatic heterocycles. The van der Waals surface area contributed by atoms with Crippen LogP contribution < -0.4 is 5.73 Å². The molecule has 155 valence electrons. The molecule has 29 heavy (non-hydrogen) atoms. The van der Waals surface area contributed by atoms with E-state index in [2.05, 4.69) is 10.2 Å². The standard InChI is InChI=1S/C16H15F6N5O.Y/c17-10-6-12(19)11(18)4-8(10)3-9(23)5-14(28)26-1-2-27-13(7-26)24-25-15(27)16(20,21)22;/h4,6,9H,1-3,5,7,23H2;/t9-;/m1./s1. The fraction of sp³-hybridized carbons (Fsp3) is 0.438. The molecular formula is C16H15F6N5OY. The largest absolute Gasteiger partial charge is 0.451 e. The molecule has 0 saturated carbocycles. The monoisotopic (exact) mass is 496 g/mol. The normalized spacial score (nSPS) is 14.9. The van der Waals surface area contributed by atoms with Gasteiger partial charge >= 0.3 is 6.18 Å². The molecule has 1 aliphatic heterocycles. The minimum absolute atomic E-state index is 0. The number of carbonyl (C=O) groups is 1. The fourth-order valence-corrected chi connectivity index (χ4v) is 3.01. The van der Waals surface area contributed by atoms with Gasteiger partial charge in [-0.2, -0.15) is 13.2 Å². The van der Waals surface area contributed by atoms with Crippen molar-refractivity contribution in [2.45, 2.75) is 38.1 Å². The number of nitrogens with zero attached hydrogens (tertiary/aromatic N) is 4. The Morgan fingerprint density at radius 3 is 2.41 bits per heavy atom. The molecule has 2 N–H and O–H groups in total. The van der Waals surface area contributed by atoms with Gasteiger partial charge < -0.3 is 15.2 Å². The van der Waals surface area contributed by atoms with Crippen molar-refractivity contribution >= 4 is 5.91 Å². The van der Waals surface area contributed by atoms with Gasteiger partial charge in [-0.05, 0) is 18.1 Å². The predicted octanol–water partition coefficient (Wildman–Crippen LogP) is 2.01. The molecule has 0 spiro atoms. The topological polar surface area (TPSA) is 77.0 Å². The molecule has 2 aromatic rings. The molecule has 1 aliphatic rings. The Balaban J connectivity index is 0.00000300. The molecule has 0 bridgehead atoms. The summed E-state index contributed by atoms with van der Waals surface area (Å²) in [6.07, 6.45) is -5.11. The van der Waals surface area contributed by atoms with Crippen LogP contribution in [0.15, 0.2) is 12.1 Å². The van der Waals surface area contributed by atoms with E-state index in [1.54, 1.807) is 0 Å². The molecule has 0 fully saturated rings. The van der Waals surface area contributed by atoms with E-state index >= 15 is 0 Å². The van der Waals surface area contributed by atoms with Crippen LogP contribution in [-0.2, 0) is 63.2 Å². The molecule has 0 unspecified atom stereocenters. The van der Waals surface area contributed by atoms with Gasteiger partial charge in [-0.3, -0.25) is 4.79 Å². The second-order valence-electron chi connectivity index (χ2n) is 6.43. The van der Waals surface area contributed by atoms with Gasteiger partial charge in [0.2, 0.25) is 11.7 Å². The Morgan fingerprint density at radius 1 is 1.10 bits per heavy atom. The van der Waals surface area contributed by atoms with Gasteiger partial charge in [0.25, 0.3) is 0 Å². The van der Waals surface area contributed by atoms with Crippen LogP contribution in [0.3, 0.4) is 0 Å². The second kappa shape index (κ2) is 9.09. The van der Waals surface area contributed by atoms with E-state index in [0.717, 1.165) is 4.57 Å². The third-order valence-corrected chi connectivity index (χ3v) is 4.37. The molecular weight excluding hydrogens is 481 g/mol. The number of aromatic nitrogens is 3. The van der Waals surface area contributed by atoms with Crippen molar-refractivity contribution in [2.75, 3.05) is 6.54 Å². The Hall–Kier alpha value is -1.53. The van der Waals surface area contributed by atoms with Crippen molar-refractivity contribution in [1.29, 1.82) is 0 Å². The van der Waals surface area contributed by atoms with E-state index in [1.807, 2.05) is 0 Å². The summed E-state index contributed by atoms with van der Waals surface area (Å²) in [6, 6.07) is 0.184. The third-order valence-electron chi connectivity index (χ3n) is 4.37. The zero-order chi connectivity index (χ0) is 20.6. The zero-order valence-corrected chi connectivity index (χ0v) is 17.7. The third kappa shape index (κ3) is 5.34. The van der Waals surface area contributed by atoms with Gasteiger partial charge in [0.05, 0.1) is 6.54 Å². The summed E-state index contributed by atoms with van der Waals surface area (Å²) >= 11 is 0. The fourth-order valence-electron chi connectivity index (χ4n) is 3.01. The SMILES string of the molecule is N[C@@H](CC(=O)N1CCn2c(nnc2C(F)(F)F)C1)Cc1cc(F)c(F)cc1F.[Y]. The number of hydrogen-bond donors (Lipinski definition) is 1. The first-order valence-electron chi connectivity index (χ1n) is 8.22. The number of benzene rings is 1. The first-order chi connectivity index (χ1) is 13.1. The first-order valence-corrected chi connectivity index (χ1v) is 8.22. The number of halogens is 6. The first kappa shape index (κ1) is 23.7. The molecule has 1 atom stereocenters. The molecule has 1 aromatic carbocycles. The number of rotatable bonds is 4. The Labute approximate surface area is 186 Å². The summed E-state index contributed by atoms with van der Waals surface area (Å²) < 4.78 is 79.3. The van der Waals surface area contributed by atoms with E-state index in [0.29, 0.717) is 12.1 Å². The van der Waals surface area contributed by atoms with Crippen LogP contribution in [0, 0.1) is 17.5 Å². The van der Waals surface area contributed by atoms with Gasteiger partial charge in [-0.25, -0.2) is 13.2 Å². The Kier molecular flexibility index (Phi) is 7.44. The van der Waals surface area contributed by atoms with Crippen molar-refractivity contribution in [3.63, 3.8) is 0 Å². The number of nitrogens with two attached hydrogens (primary N) is 1. The van der Waals surface area contributed by atoms with Crippen molar-refractivity contribution in [1.82, 2.24) is 19.7 Å². The second-order valence-corrected chi connectivity index (χ2v) is 6.43. The molecule has 0 aliphatic carbocycles. The predicted molar refractivity (Wildman–Crippen MR) is 83.1 cm³/mol. The number of fused-ring (bicyclic) bond motifs is 1. The van der Waals surface area contributed by atoms with E-state index in [9.17, 15) is 31.1 Å². The molecule has 13 heteroatoms. The Bertz CT molecular complexity index is 903. The maximum Gasteiger partial charge on any atom is 0.451 e. The van der Waals surface area contributed by atoms with E-state index in [1.165, 1.54) is 4.90 Å². The summed E-state index contributed by atoms with van der Waals surface area (Å²) in [5, 5.41) is 6.60. The van der Waals surface area contributed by atoms with Gasteiger partial charge in [0, 0.05) is 64.3 Å². The average molecular weight is 496 g/mol. The minimum Gasteiger partial charge on any atom is -0.333 e. The summed E-state index contributed by atoms with van der Waals surface area (Å²) in [6.45, 7) is -0.302. The van der Waals surface area contributed by atoms with Gasteiger partial charge in [-0.15, -0.1) is 10.2 Å². The van der Waals surface area contributed by atoms with Crippen LogP contribution in [0.4, 0.5) is 26.3 Å². The van der Waals surface area contributed by atoms with Gasteiger partial charge in [0.15, 0.2) is 17.5 Å². The summed E-state index contributed by atoms with van der Waals surface area (Å²) in [4.78, 5) is 13.6. The smallest absolute Gasteiger partial charge is 0.333 e. The Morgan fingerprint density at radius 2 is 1.76 bits per heavy atom. The van der Waals surface area contributed by atoms with Crippen molar-refractivity contribution in [2.24, 2.45) is 5.73 Å². The van der Waals surface area contributed by atoms with Crippen LogP contribution in [-0.4, -0.2) is 38.2 Å². The minimum atomic E-state index is -4.64. The van der Waals surface area contributed by atoms with Gasteiger partial charge in [-0.1, -0.05) is 0 Å². The van der Waals surface area contributed by atoms with Crippen LogP contribution >= 0.6 is 0 Å². The summed E-state index contributed by atoms with van der Waals surface area (Å²) in [5.41, 5.74) is 5.64. The van der Waals surface area contributed by atoms with Crippen LogP contribution in [0.1, 0.15) is 23.6 Å². The maximum atomic E-state index is 13.7. The van der Waals surface area contributed by atoms with Crippen molar-refractivity contribution in [3.8, 4) is 0 Å². The van der Waals surface area contributed by atoms with Crippen LogP contribution in [0.25, 0.3) is 0 Å². The van der Waals surface area contributed by atoms with Crippen LogP contribution in [0.2, 0.25) is 0 Å². The quantitative estimate of drug-likeness (QED) is 0.520. The number of amides is 1. The molecule has 2 heterocycles. The molecule has 0 saturated heterocycles. The average Bonchev–Trinajstić information content (AvgIpc) is 3.03. The summed E-state index contributed by atoms with van der Waals surface area (Å²) in [7, 11) is 0. The van der Waals surface area contributed by atoms with E-state index < -0.39 is 41.4 Å². The van der Waals surface area contributed by atoms with Gasteiger partial charge in [0.1, 0.15) is 5.82 Å². The van der Waals surface area contributed by atoms with E-state index in [-0.39, 0.29) is 76.6 Å². The summed E-state index contributed by atoms with van der Waals surface area (Å²) in [5.74, 6) is -5.15. The maximum absolute atomic E-state index is 13.7. The zero-order valence-electron chi connectivity index (χ0n) is 14.9. The molecule has 3 rings (SSSR count). The number of alkyl halides is 3. The molecule has 1 amide bonds. The molecule has 6 nitrogen and oxygen atoms in total. The number of carbonyl (C=O) groups excluding carboxylic acids is 1. The van der Waals surface area contributed by atoms with E-state index in [4.69, 9.17) is 5.73 Å². The van der Waals surface area contributed by atoms with Crippen molar-refractivity contribution in [3.05, 3.63) is 46.8 Å².